The lowest BCUT2D eigenvalue weighted by atomic mass is 9.79. The molecule has 0 spiro atoms. The molecule has 28 heavy (non-hydrogen) atoms. The second kappa shape index (κ2) is 14.6. The zero-order valence-corrected chi connectivity index (χ0v) is 19.9. The van der Waals surface area contributed by atoms with Gasteiger partial charge in [0.05, 0.1) is 12.7 Å². The molecule has 0 amide bonds. The number of aliphatic hydroxyl groups is 1. The smallest absolute Gasteiger partial charge is 0.337 e. The number of rotatable bonds is 11. The van der Waals surface area contributed by atoms with Crippen molar-refractivity contribution in [1.29, 1.82) is 0 Å². The standard InChI is InChI=1S/C21H35N3O3.HI/c1-5-21(6-2,13-15-25)16-24-20(22-7-3)23-14-12-17-8-10-18(11-9-17)19(26)27-4;/h8-11,25H,5-7,12-16H2,1-4H3,(H2,22,23,24);1H. The molecular formula is C21H36IN3O3. The van der Waals surface area contributed by atoms with Crippen LogP contribution in [-0.4, -0.2) is 50.4 Å². The maximum atomic E-state index is 11.5. The number of esters is 1. The van der Waals surface area contributed by atoms with Crippen molar-refractivity contribution in [2.45, 2.75) is 46.5 Å². The van der Waals surface area contributed by atoms with Crippen LogP contribution in [0.25, 0.3) is 0 Å². The van der Waals surface area contributed by atoms with E-state index in [0.29, 0.717) is 12.1 Å². The van der Waals surface area contributed by atoms with Crippen LogP contribution in [0.4, 0.5) is 0 Å². The molecule has 0 unspecified atom stereocenters. The van der Waals surface area contributed by atoms with Crippen molar-refractivity contribution in [3.63, 3.8) is 0 Å². The summed E-state index contributed by atoms with van der Waals surface area (Å²) < 4.78 is 4.71. The average Bonchev–Trinajstić information content (AvgIpc) is 2.71. The third-order valence-corrected chi connectivity index (χ3v) is 5.14. The minimum atomic E-state index is -0.320. The van der Waals surface area contributed by atoms with E-state index in [2.05, 4.69) is 24.5 Å². The number of hydrogen-bond acceptors (Lipinski definition) is 4. The van der Waals surface area contributed by atoms with Crippen molar-refractivity contribution in [3.05, 3.63) is 35.4 Å². The van der Waals surface area contributed by atoms with Crippen LogP contribution in [0, 0.1) is 5.41 Å². The second-order valence-corrected chi connectivity index (χ2v) is 6.74. The lowest BCUT2D eigenvalue weighted by Crippen LogP contribution is -2.39. The molecule has 0 aromatic heterocycles. The third-order valence-electron chi connectivity index (χ3n) is 5.14. The van der Waals surface area contributed by atoms with Gasteiger partial charge in [0, 0.05) is 26.2 Å². The lowest BCUT2D eigenvalue weighted by molar-refractivity contribution is 0.0600. The summed E-state index contributed by atoms with van der Waals surface area (Å²) >= 11 is 0. The quantitative estimate of drug-likeness (QED) is 0.186. The molecule has 0 fully saturated rings. The topological polar surface area (TPSA) is 83.0 Å². The maximum Gasteiger partial charge on any atom is 0.337 e. The van der Waals surface area contributed by atoms with Crippen molar-refractivity contribution in [1.82, 2.24) is 10.6 Å². The molecule has 0 atom stereocenters. The highest BCUT2D eigenvalue weighted by molar-refractivity contribution is 14.0. The molecule has 0 saturated carbocycles. The Bertz CT molecular complexity index is 587. The number of hydrogen-bond donors (Lipinski definition) is 3. The van der Waals surface area contributed by atoms with Crippen molar-refractivity contribution >= 4 is 35.9 Å². The molecule has 1 aromatic carbocycles. The fourth-order valence-electron chi connectivity index (χ4n) is 2.98. The number of guanidine groups is 1. The SMILES string of the molecule is CCNC(=NCC(CC)(CC)CCO)NCCc1ccc(C(=O)OC)cc1.I. The van der Waals surface area contributed by atoms with E-state index in [1.54, 1.807) is 12.1 Å². The van der Waals surface area contributed by atoms with Crippen LogP contribution in [0.2, 0.25) is 0 Å². The molecule has 3 N–H and O–H groups in total. The zero-order valence-electron chi connectivity index (χ0n) is 17.6. The van der Waals surface area contributed by atoms with E-state index in [1.807, 2.05) is 19.1 Å². The van der Waals surface area contributed by atoms with E-state index in [9.17, 15) is 9.90 Å². The van der Waals surface area contributed by atoms with E-state index in [-0.39, 0.29) is 42.0 Å². The molecule has 7 heteroatoms. The number of nitrogens with one attached hydrogen (secondary N) is 2. The Labute approximate surface area is 186 Å². The van der Waals surface area contributed by atoms with Crippen LogP contribution < -0.4 is 10.6 Å². The van der Waals surface area contributed by atoms with Crippen LogP contribution in [-0.2, 0) is 11.2 Å². The molecule has 0 saturated heterocycles. The van der Waals surface area contributed by atoms with Crippen molar-refractivity contribution in [3.8, 4) is 0 Å². The van der Waals surface area contributed by atoms with E-state index >= 15 is 0 Å². The van der Waals surface area contributed by atoms with Crippen LogP contribution in [0.5, 0.6) is 0 Å². The van der Waals surface area contributed by atoms with Crippen LogP contribution in [0.15, 0.2) is 29.3 Å². The first-order valence-corrected chi connectivity index (χ1v) is 9.84. The molecule has 0 aliphatic carbocycles. The first-order valence-electron chi connectivity index (χ1n) is 9.84. The number of carbonyl (C=O) groups excluding carboxylic acids is 1. The molecule has 0 aliphatic heterocycles. The fraction of sp³-hybridized carbons (Fsp3) is 0.619. The summed E-state index contributed by atoms with van der Waals surface area (Å²) in [5.74, 6) is 0.479. The summed E-state index contributed by atoms with van der Waals surface area (Å²) in [6.45, 7) is 8.80. The first-order chi connectivity index (χ1) is 13.0. The Morgan fingerprint density at radius 3 is 2.29 bits per heavy atom. The first kappa shape index (κ1) is 26.6. The largest absolute Gasteiger partial charge is 0.465 e. The van der Waals surface area contributed by atoms with Gasteiger partial charge in [-0.15, -0.1) is 24.0 Å². The Kier molecular flexibility index (Phi) is 13.9. The number of benzene rings is 1. The van der Waals surface area contributed by atoms with Crippen molar-refractivity contribution in [2.75, 3.05) is 33.4 Å². The van der Waals surface area contributed by atoms with Gasteiger partial charge >= 0.3 is 5.97 Å². The normalized spacial score (nSPS) is 11.5. The number of halogens is 1. The van der Waals surface area contributed by atoms with Crippen LogP contribution in [0.1, 0.15) is 56.0 Å². The number of ether oxygens (including phenoxy) is 1. The molecule has 6 nitrogen and oxygen atoms in total. The van der Waals surface area contributed by atoms with Crippen LogP contribution in [0.3, 0.4) is 0 Å². The number of carbonyl (C=O) groups is 1. The predicted octanol–water partition coefficient (Wildman–Crippen LogP) is 3.38. The zero-order chi connectivity index (χ0) is 20.1. The number of methoxy groups -OCH3 is 1. The van der Waals surface area contributed by atoms with Gasteiger partial charge in [-0.3, -0.25) is 4.99 Å². The van der Waals surface area contributed by atoms with Gasteiger partial charge in [-0.05, 0) is 55.7 Å². The number of aliphatic imine (C=N–C) groups is 1. The lowest BCUT2D eigenvalue weighted by Gasteiger charge is -2.29. The van der Waals surface area contributed by atoms with Gasteiger partial charge in [0.15, 0.2) is 5.96 Å². The van der Waals surface area contributed by atoms with Crippen molar-refractivity contribution < 1.29 is 14.6 Å². The van der Waals surface area contributed by atoms with Gasteiger partial charge in [0.25, 0.3) is 0 Å². The summed E-state index contributed by atoms with van der Waals surface area (Å²) in [6, 6.07) is 7.45. The molecular weight excluding hydrogens is 469 g/mol. The summed E-state index contributed by atoms with van der Waals surface area (Å²) in [4.78, 5) is 16.2. The van der Waals surface area contributed by atoms with Gasteiger partial charge in [-0.2, -0.15) is 0 Å². The van der Waals surface area contributed by atoms with E-state index in [1.165, 1.54) is 7.11 Å². The van der Waals surface area contributed by atoms with Crippen molar-refractivity contribution in [2.24, 2.45) is 10.4 Å². The van der Waals surface area contributed by atoms with E-state index < -0.39 is 0 Å². The molecule has 0 aliphatic rings. The molecule has 0 radical (unpaired) electrons. The van der Waals surface area contributed by atoms with Gasteiger partial charge in [0.1, 0.15) is 0 Å². The Morgan fingerprint density at radius 2 is 1.79 bits per heavy atom. The van der Waals surface area contributed by atoms with E-state index in [0.717, 1.165) is 50.3 Å². The van der Waals surface area contributed by atoms with Gasteiger partial charge in [0.2, 0.25) is 0 Å². The summed E-state index contributed by atoms with van der Waals surface area (Å²) in [7, 11) is 1.38. The third kappa shape index (κ3) is 8.77. The molecule has 1 rings (SSSR count). The molecule has 1 aromatic rings. The number of aliphatic hydroxyl groups excluding tert-OH is 1. The summed E-state index contributed by atoms with van der Waals surface area (Å²) in [5, 5.41) is 16.0. The monoisotopic (exact) mass is 505 g/mol. The average molecular weight is 505 g/mol. The molecule has 160 valence electrons. The van der Waals surface area contributed by atoms with Gasteiger partial charge in [-0.1, -0.05) is 26.0 Å². The molecule has 0 bridgehead atoms. The predicted molar refractivity (Wildman–Crippen MR) is 126 cm³/mol. The molecule has 0 heterocycles. The maximum absolute atomic E-state index is 11.5. The second-order valence-electron chi connectivity index (χ2n) is 6.74. The highest BCUT2D eigenvalue weighted by atomic mass is 127. The number of nitrogens with zero attached hydrogens (tertiary/aromatic N) is 1. The summed E-state index contributed by atoms with van der Waals surface area (Å²) in [6.07, 6.45) is 3.60. The minimum Gasteiger partial charge on any atom is -0.465 e. The highest BCUT2D eigenvalue weighted by Gasteiger charge is 2.25. The Hall–Kier alpha value is -1.35. The van der Waals surface area contributed by atoms with Gasteiger partial charge < -0.3 is 20.5 Å². The van der Waals surface area contributed by atoms with Gasteiger partial charge in [-0.25, -0.2) is 4.79 Å². The van der Waals surface area contributed by atoms with Crippen LogP contribution >= 0.6 is 24.0 Å². The fourth-order valence-corrected chi connectivity index (χ4v) is 2.98. The minimum absolute atomic E-state index is 0. The summed E-state index contributed by atoms with van der Waals surface area (Å²) in [5.41, 5.74) is 1.76. The Balaban J connectivity index is 0.00000729. The highest BCUT2D eigenvalue weighted by Crippen LogP contribution is 2.30. The van der Waals surface area contributed by atoms with E-state index in [4.69, 9.17) is 9.73 Å². The Morgan fingerprint density at radius 1 is 1.14 bits per heavy atom.